The van der Waals surface area contributed by atoms with Gasteiger partial charge in [-0.25, -0.2) is 0 Å². The molecular weight excluding hydrogens is 481 g/mol. The number of aliphatic imine (C=N–C) groups is 1. The monoisotopic (exact) mass is 517 g/mol. The number of hydrogen-bond donors (Lipinski definition) is 1. The predicted molar refractivity (Wildman–Crippen MR) is 128 cm³/mol. The van der Waals surface area contributed by atoms with E-state index in [0.717, 1.165) is 83.4 Å². The maximum absolute atomic E-state index is 5.98. The van der Waals surface area contributed by atoms with Crippen molar-refractivity contribution in [2.75, 3.05) is 46.0 Å². The van der Waals surface area contributed by atoms with Crippen LogP contribution in [0.5, 0.6) is 5.75 Å². The second-order valence-electron chi connectivity index (χ2n) is 7.39. The Bertz CT molecular complexity index is 623. The number of rotatable bonds is 8. The summed E-state index contributed by atoms with van der Waals surface area (Å²) in [4.78, 5) is 7.20. The number of guanidine groups is 1. The molecule has 1 aromatic carbocycles. The van der Waals surface area contributed by atoms with Crippen molar-refractivity contribution in [2.45, 2.75) is 51.7 Å². The summed E-state index contributed by atoms with van der Waals surface area (Å²) >= 11 is 0. The van der Waals surface area contributed by atoms with E-state index >= 15 is 0 Å². The van der Waals surface area contributed by atoms with E-state index in [1.165, 1.54) is 5.56 Å². The fourth-order valence-electron chi connectivity index (χ4n) is 3.72. The molecule has 2 heterocycles. The summed E-state index contributed by atoms with van der Waals surface area (Å²) in [5.74, 6) is 1.93. The molecule has 0 aromatic heterocycles. The minimum absolute atomic E-state index is 0. The molecule has 29 heavy (non-hydrogen) atoms. The summed E-state index contributed by atoms with van der Waals surface area (Å²) < 4.78 is 17.5. The first-order chi connectivity index (χ1) is 13.8. The van der Waals surface area contributed by atoms with E-state index in [-0.39, 0.29) is 36.2 Å². The van der Waals surface area contributed by atoms with Crippen LogP contribution in [0.15, 0.2) is 29.3 Å². The van der Waals surface area contributed by atoms with Crippen LogP contribution in [0.25, 0.3) is 0 Å². The fraction of sp³-hybridized carbons (Fsp3) is 0.682. The van der Waals surface area contributed by atoms with Gasteiger partial charge in [-0.15, -0.1) is 24.0 Å². The van der Waals surface area contributed by atoms with Crippen molar-refractivity contribution >= 4 is 29.9 Å². The van der Waals surface area contributed by atoms with Crippen LogP contribution in [0.1, 0.15) is 38.7 Å². The second-order valence-corrected chi connectivity index (χ2v) is 7.39. The SMILES string of the molecule is CCCOc1cccc(CCN=C(NCC)N2CCOC(C3CCCO3)C2)c1.I. The first-order valence-electron chi connectivity index (χ1n) is 10.8. The molecule has 1 N–H and O–H groups in total. The molecule has 2 aliphatic heterocycles. The Kier molecular flexibility index (Phi) is 11.1. The molecule has 0 radical (unpaired) electrons. The van der Waals surface area contributed by atoms with Gasteiger partial charge >= 0.3 is 0 Å². The van der Waals surface area contributed by atoms with Crippen LogP contribution >= 0.6 is 24.0 Å². The first kappa shape index (κ1) is 24.2. The average Bonchev–Trinajstić information content (AvgIpc) is 3.27. The lowest BCUT2D eigenvalue weighted by molar-refractivity contribution is -0.0817. The molecule has 0 bridgehead atoms. The molecule has 3 rings (SSSR count). The third-order valence-electron chi connectivity index (χ3n) is 5.14. The minimum atomic E-state index is 0. The summed E-state index contributed by atoms with van der Waals surface area (Å²) in [5, 5.41) is 3.44. The Morgan fingerprint density at radius 2 is 2.10 bits per heavy atom. The quantitative estimate of drug-likeness (QED) is 0.325. The van der Waals surface area contributed by atoms with E-state index < -0.39 is 0 Å². The zero-order chi connectivity index (χ0) is 19.6. The van der Waals surface area contributed by atoms with Gasteiger partial charge in [-0.3, -0.25) is 4.99 Å². The van der Waals surface area contributed by atoms with E-state index in [2.05, 4.69) is 42.3 Å². The van der Waals surface area contributed by atoms with Gasteiger partial charge in [0.2, 0.25) is 0 Å². The van der Waals surface area contributed by atoms with Crippen LogP contribution in [0.3, 0.4) is 0 Å². The van der Waals surface area contributed by atoms with Crippen molar-refractivity contribution in [2.24, 2.45) is 4.99 Å². The van der Waals surface area contributed by atoms with Gasteiger partial charge in [0.05, 0.1) is 19.3 Å². The average molecular weight is 517 g/mol. The number of hydrogen-bond acceptors (Lipinski definition) is 4. The molecule has 0 spiro atoms. The maximum Gasteiger partial charge on any atom is 0.194 e. The van der Waals surface area contributed by atoms with Crippen LogP contribution in [0.2, 0.25) is 0 Å². The van der Waals surface area contributed by atoms with Gasteiger partial charge < -0.3 is 24.4 Å². The van der Waals surface area contributed by atoms with Gasteiger partial charge in [-0.1, -0.05) is 19.1 Å². The normalized spacial score (nSPS) is 22.3. The van der Waals surface area contributed by atoms with Gasteiger partial charge in [0.25, 0.3) is 0 Å². The van der Waals surface area contributed by atoms with Gasteiger partial charge in [-0.05, 0) is 50.3 Å². The Morgan fingerprint density at radius 3 is 2.86 bits per heavy atom. The van der Waals surface area contributed by atoms with Crippen LogP contribution in [0, 0.1) is 0 Å². The van der Waals surface area contributed by atoms with Gasteiger partial charge in [0, 0.05) is 32.8 Å². The molecule has 0 amide bonds. The molecule has 164 valence electrons. The highest BCUT2D eigenvalue weighted by molar-refractivity contribution is 14.0. The number of nitrogens with one attached hydrogen (secondary N) is 1. The second kappa shape index (κ2) is 13.3. The summed E-state index contributed by atoms with van der Waals surface area (Å²) in [5.41, 5.74) is 1.26. The van der Waals surface area contributed by atoms with Crippen LogP contribution < -0.4 is 10.1 Å². The lowest BCUT2D eigenvalue weighted by Gasteiger charge is -2.37. The highest BCUT2D eigenvalue weighted by Crippen LogP contribution is 2.21. The number of halogens is 1. The first-order valence-corrected chi connectivity index (χ1v) is 10.8. The highest BCUT2D eigenvalue weighted by Gasteiger charge is 2.32. The molecule has 0 aliphatic carbocycles. The maximum atomic E-state index is 5.98. The Balaban J connectivity index is 0.00000300. The van der Waals surface area contributed by atoms with Crippen molar-refractivity contribution < 1.29 is 14.2 Å². The van der Waals surface area contributed by atoms with Gasteiger partial charge in [-0.2, -0.15) is 0 Å². The molecule has 2 unspecified atom stereocenters. The molecule has 2 aliphatic rings. The Hall–Kier alpha value is -1.06. The number of benzene rings is 1. The molecule has 6 nitrogen and oxygen atoms in total. The molecule has 0 saturated carbocycles. The third-order valence-corrected chi connectivity index (χ3v) is 5.14. The highest BCUT2D eigenvalue weighted by atomic mass is 127. The van der Waals surface area contributed by atoms with Crippen molar-refractivity contribution in [3.05, 3.63) is 29.8 Å². The fourth-order valence-corrected chi connectivity index (χ4v) is 3.72. The number of ether oxygens (including phenoxy) is 3. The summed E-state index contributed by atoms with van der Waals surface area (Å²) in [6, 6.07) is 8.35. The van der Waals surface area contributed by atoms with Crippen molar-refractivity contribution in [1.29, 1.82) is 0 Å². The lowest BCUT2D eigenvalue weighted by atomic mass is 10.1. The van der Waals surface area contributed by atoms with Gasteiger partial charge in [0.15, 0.2) is 5.96 Å². The number of nitrogens with zero attached hydrogens (tertiary/aromatic N) is 2. The van der Waals surface area contributed by atoms with Gasteiger partial charge in [0.1, 0.15) is 11.9 Å². The molecule has 1 aromatic rings. The molecular formula is C22H36IN3O3. The lowest BCUT2D eigenvalue weighted by Crippen LogP contribution is -2.53. The molecule has 2 fully saturated rings. The molecule has 2 atom stereocenters. The zero-order valence-electron chi connectivity index (χ0n) is 17.8. The zero-order valence-corrected chi connectivity index (χ0v) is 20.1. The minimum Gasteiger partial charge on any atom is -0.494 e. The smallest absolute Gasteiger partial charge is 0.194 e. The van der Waals surface area contributed by atoms with Crippen LogP contribution in [-0.4, -0.2) is 69.1 Å². The van der Waals surface area contributed by atoms with E-state index in [0.29, 0.717) is 0 Å². The van der Waals surface area contributed by atoms with E-state index in [1.54, 1.807) is 0 Å². The summed E-state index contributed by atoms with van der Waals surface area (Å²) in [6.45, 7) is 9.91. The van der Waals surface area contributed by atoms with E-state index in [9.17, 15) is 0 Å². The largest absolute Gasteiger partial charge is 0.494 e. The third kappa shape index (κ3) is 7.61. The van der Waals surface area contributed by atoms with E-state index in [4.69, 9.17) is 19.2 Å². The van der Waals surface area contributed by atoms with E-state index in [1.807, 2.05) is 6.07 Å². The van der Waals surface area contributed by atoms with Crippen LogP contribution in [0.4, 0.5) is 0 Å². The molecule has 2 saturated heterocycles. The van der Waals surface area contributed by atoms with Crippen molar-refractivity contribution in [3.8, 4) is 5.75 Å². The topological polar surface area (TPSA) is 55.3 Å². The predicted octanol–water partition coefficient (Wildman–Crippen LogP) is 3.48. The Labute approximate surface area is 192 Å². The molecule has 7 heteroatoms. The van der Waals surface area contributed by atoms with Crippen LogP contribution in [-0.2, 0) is 15.9 Å². The Morgan fingerprint density at radius 1 is 1.24 bits per heavy atom. The standard InChI is InChI=1S/C22H35N3O3.HI/c1-3-13-26-19-8-5-7-18(16-19)10-11-24-22(23-4-2)25-12-15-28-21(17-25)20-9-6-14-27-20;/h5,7-8,16,20-21H,3-4,6,9-15,17H2,1-2H3,(H,23,24);1H. The summed E-state index contributed by atoms with van der Waals surface area (Å²) in [6.07, 6.45) is 4.54. The summed E-state index contributed by atoms with van der Waals surface area (Å²) in [7, 11) is 0. The van der Waals surface area contributed by atoms with Crippen molar-refractivity contribution in [3.63, 3.8) is 0 Å². The van der Waals surface area contributed by atoms with Crippen molar-refractivity contribution in [1.82, 2.24) is 10.2 Å². The number of morpholine rings is 1.